The van der Waals surface area contributed by atoms with Gasteiger partial charge in [0.05, 0.1) is 11.6 Å². The van der Waals surface area contributed by atoms with Gasteiger partial charge in [-0.2, -0.15) is 10.2 Å². The average molecular weight is 269 g/mol. The van der Waals surface area contributed by atoms with E-state index in [1.807, 2.05) is 19.1 Å². The van der Waals surface area contributed by atoms with Crippen LogP contribution in [-0.4, -0.2) is 17.3 Å². The first-order chi connectivity index (χ1) is 9.72. The summed E-state index contributed by atoms with van der Waals surface area (Å²) in [4.78, 5) is 4.44. The Morgan fingerprint density at radius 1 is 1.45 bits per heavy atom. The summed E-state index contributed by atoms with van der Waals surface area (Å²) in [5, 5.41) is 12.9. The Kier molecular flexibility index (Phi) is 3.25. The number of aryl methyl sites for hydroxylation is 1. The average Bonchev–Trinajstić information content (AvgIpc) is 3.17. The van der Waals surface area contributed by atoms with E-state index in [2.05, 4.69) is 16.2 Å². The van der Waals surface area contributed by atoms with Gasteiger partial charge in [0.25, 0.3) is 5.89 Å². The molecule has 5 nitrogen and oxygen atoms in total. The van der Waals surface area contributed by atoms with E-state index in [0.29, 0.717) is 23.2 Å². The van der Waals surface area contributed by atoms with E-state index < -0.39 is 0 Å². The van der Waals surface area contributed by atoms with Crippen molar-refractivity contribution in [3.05, 3.63) is 35.2 Å². The first kappa shape index (κ1) is 12.8. The molecular weight excluding hydrogens is 254 g/mol. The van der Waals surface area contributed by atoms with Crippen LogP contribution < -0.4 is 0 Å². The number of hydrogen-bond acceptors (Lipinski definition) is 5. The van der Waals surface area contributed by atoms with Crippen LogP contribution in [0.15, 0.2) is 22.7 Å². The van der Waals surface area contributed by atoms with Crippen LogP contribution in [-0.2, 0) is 4.74 Å². The van der Waals surface area contributed by atoms with Gasteiger partial charge >= 0.3 is 0 Å². The highest BCUT2D eigenvalue weighted by molar-refractivity contribution is 5.60. The molecule has 0 radical (unpaired) electrons. The normalized spacial score (nSPS) is 15.8. The lowest BCUT2D eigenvalue weighted by molar-refractivity contribution is 0.0751. The van der Waals surface area contributed by atoms with Crippen LogP contribution in [0.25, 0.3) is 11.5 Å². The molecule has 5 heteroatoms. The van der Waals surface area contributed by atoms with Gasteiger partial charge in [-0.25, -0.2) is 0 Å². The van der Waals surface area contributed by atoms with Crippen LogP contribution in [0.5, 0.6) is 0 Å². The smallest absolute Gasteiger partial charge is 0.258 e. The number of nitrogens with zero attached hydrogens (tertiary/aromatic N) is 3. The van der Waals surface area contributed by atoms with E-state index >= 15 is 0 Å². The molecule has 1 aromatic carbocycles. The van der Waals surface area contributed by atoms with Crippen LogP contribution in [0.3, 0.4) is 0 Å². The lowest BCUT2D eigenvalue weighted by Crippen LogP contribution is -2.05. The fraction of sp³-hybridized carbons (Fsp3) is 0.400. The third kappa shape index (κ3) is 2.30. The van der Waals surface area contributed by atoms with Crippen molar-refractivity contribution in [1.82, 2.24) is 10.1 Å². The second-order valence-electron chi connectivity index (χ2n) is 5.09. The van der Waals surface area contributed by atoms with Crippen molar-refractivity contribution in [1.29, 1.82) is 5.26 Å². The molecule has 0 amide bonds. The third-order valence-electron chi connectivity index (χ3n) is 3.59. The number of aromatic nitrogens is 2. The van der Waals surface area contributed by atoms with Gasteiger partial charge in [0.15, 0.2) is 0 Å². The molecular formula is C15H15N3O2. The highest BCUT2D eigenvalue weighted by Crippen LogP contribution is 2.42. The van der Waals surface area contributed by atoms with Crippen molar-refractivity contribution in [3.8, 4) is 17.5 Å². The van der Waals surface area contributed by atoms with Gasteiger partial charge in [0.1, 0.15) is 6.10 Å². The van der Waals surface area contributed by atoms with E-state index in [-0.39, 0.29) is 6.10 Å². The molecule has 0 saturated heterocycles. The molecule has 2 aromatic rings. The fourth-order valence-electron chi connectivity index (χ4n) is 2.34. The molecule has 0 bridgehead atoms. The zero-order valence-corrected chi connectivity index (χ0v) is 11.5. The molecule has 102 valence electrons. The predicted octanol–water partition coefficient (Wildman–Crippen LogP) is 3.01. The van der Waals surface area contributed by atoms with Gasteiger partial charge in [-0.3, -0.25) is 0 Å². The minimum atomic E-state index is -0.0776. The maximum Gasteiger partial charge on any atom is 0.258 e. The summed E-state index contributed by atoms with van der Waals surface area (Å²) >= 11 is 0. The highest BCUT2D eigenvalue weighted by Gasteiger charge is 2.35. The summed E-state index contributed by atoms with van der Waals surface area (Å²) in [6, 6.07) is 7.52. The largest absolute Gasteiger partial charge is 0.373 e. The number of hydrogen-bond donors (Lipinski definition) is 0. The minimum absolute atomic E-state index is 0.0776. The van der Waals surface area contributed by atoms with Crippen LogP contribution in [0.2, 0.25) is 0 Å². The third-order valence-corrected chi connectivity index (χ3v) is 3.59. The van der Waals surface area contributed by atoms with Crippen molar-refractivity contribution in [2.45, 2.75) is 25.9 Å². The lowest BCUT2D eigenvalue weighted by atomic mass is 10.1. The van der Waals surface area contributed by atoms with E-state index in [0.717, 1.165) is 24.0 Å². The number of methoxy groups -OCH3 is 1. The Morgan fingerprint density at radius 3 is 2.85 bits per heavy atom. The molecule has 0 N–H and O–H groups in total. The first-order valence-corrected chi connectivity index (χ1v) is 6.60. The van der Waals surface area contributed by atoms with Crippen molar-refractivity contribution < 1.29 is 9.26 Å². The monoisotopic (exact) mass is 269 g/mol. The zero-order chi connectivity index (χ0) is 14.1. The summed E-state index contributed by atoms with van der Waals surface area (Å²) in [6.07, 6.45) is 2.22. The SMILES string of the molecule is COC(c1noc(-c2ccc(C#N)cc2C)n1)C1CC1. The van der Waals surface area contributed by atoms with E-state index in [1.165, 1.54) is 0 Å². The second-order valence-corrected chi connectivity index (χ2v) is 5.09. The summed E-state index contributed by atoms with van der Waals surface area (Å²) in [6.45, 7) is 1.93. The van der Waals surface area contributed by atoms with Gasteiger partial charge in [0, 0.05) is 12.7 Å². The van der Waals surface area contributed by atoms with Gasteiger partial charge < -0.3 is 9.26 Å². The maximum atomic E-state index is 8.88. The molecule has 3 rings (SSSR count). The Labute approximate surface area is 117 Å². The van der Waals surface area contributed by atoms with Crippen LogP contribution in [0, 0.1) is 24.2 Å². The van der Waals surface area contributed by atoms with Crippen molar-refractivity contribution >= 4 is 0 Å². The summed E-state index contributed by atoms with van der Waals surface area (Å²) in [7, 11) is 1.67. The van der Waals surface area contributed by atoms with Crippen LogP contribution in [0.1, 0.15) is 35.9 Å². The van der Waals surface area contributed by atoms with Gasteiger partial charge in [-0.15, -0.1) is 0 Å². The minimum Gasteiger partial charge on any atom is -0.373 e. The molecule has 1 unspecified atom stereocenters. The van der Waals surface area contributed by atoms with E-state index in [9.17, 15) is 0 Å². The van der Waals surface area contributed by atoms with Crippen molar-refractivity contribution in [2.24, 2.45) is 5.92 Å². The zero-order valence-electron chi connectivity index (χ0n) is 11.5. The van der Waals surface area contributed by atoms with E-state index in [4.69, 9.17) is 14.5 Å². The Morgan fingerprint density at radius 2 is 2.25 bits per heavy atom. The summed E-state index contributed by atoms with van der Waals surface area (Å²) in [5.74, 6) is 1.59. The highest BCUT2D eigenvalue weighted by atomic mass is 16.5. The molecule has 20 heavy (non-hydrogen) atoms. The molecule has 0 spiro atoms. The number of rotatable bonds is 4. The number of nitriles is 1. The number of benzene rings is 1. The molecule has 1 heterocycles. The summed E-state index contributed by atoms with van der Waals surface area (Å²) < 4.78 is 10.8. The van der Waals surface area contributed by atoms with E-state index in [1.54, 1.807) is 13.2 Å². The lowest BCUT2D eigenvalue weighted by Gasteiger charge is -2.08. The molecule has 1 aromatic heterocycles. The van der Waals surface area contributed by atoms with Crippen LogP contribution >= 0.6 is 0 Å². The molecule has 1 saturated carbocycles. The first-order valence-electron chi connectivity index (χ1n) is 6.60. The topological polar surface area (TPSA) is 71.9 Å². The molecule has 1 aliphatic rings. The molecule has 1 aliphatic carbocycles. The molecule has 1 atom stereocenters. The molecule has 1 fully saturated rings. The van der Waals surface area contributed by atoms with Crippen LogP contribution in [0.4, 0.5) is 0 Å². The molecule has 0 aliphatic heterocycles. The maximum absolute atomic E-state index is 8.88. The summed E-state index contributed by atoms with van der Waals surface area (Å²) in [5.41, 5.74) is 2.42. The van der Waals surface area contributed by atoms with Gasteiger partial charge in [-0.05, 0) is 49.4 Å². The Hall–Kier alpha value is -2.19. The Balaban J connectivity index is 1.91. The predicted molar refractivity (Wildman–Crippen MR) is 71.7 cm³/mol. The van der Waals surface area contributed by atoms with Gasteiger partial charge in [-0.1, -0.05) is 5.16 Å². The quantitative estimate of drug-likeness (QED) is 0.853. The standard InChI is InChI=1S/C15H15N3O2/c1-9-7-10(8-16)3-6-12(9)15-17-14(18-20-15)13(19-2)11-4-5-11/h3,6-7,11,13H,4-5H2,1-2H3. The number of ether oxygens (including phenoxy) is 1. The van der Waals surface area contributed by atoms with Gasteiger partial charge in [0.2, 0.25) is 5.82 Å². The fourth-order valence-corrected chi connectivity index (χ4v) is 2.34. The second kappa shape index (κ2) is 5.06. The van der Waals surface area contributed by atoms with Crippen molar-refractivity contribution in [2.75, 3.05) is 7.11 Å². The Bertz CT molecular complexity index is 668. The van der Waals surface area contributed by atoms with Crippen molar-refractivity contribution in [3.63, 3.8) is 0 Å².